The lowest BCUT2D eigenvalue weighted by molar-refractivity contribution is -0.148. The van der Waals surface area contributed by atoms with E-state index in [0.717, 1.165) is 0 Å². The van der Waals surface area contributed by atoms with Gasteiger partial charge >= 0.3 is 12.1 Å². The Bertz CT molecular complexity index is 570. The Balaban J connectivity index is 4.99. The van der Waals surface area contributed by atoms with Crippen molar-refractivity contribution >= 4 is 23.9 Å². The maximum Gasteiger partial charge on any atom is 0.408 e. The average Bonchev–Trinajstić information content (AvgIpc) is 2.54. The molecule has 0 heterocycles. The van der Waals surface area contributed by atoms with Crippen LogP contribution in [-0.2, 0) is 23.9 Å². The zero-order valence-corrected chi connectivity index (χ0v) is 17.8. The molecule has 10 heteroatoms. The van der Waals surface area contributed by atoms with Crippen LogP contribution < -0.4 is 16.0 Å². The molecule has 0 fully saturated rings. The van der Waals surface area contributed by atoms with Gasteiger partial charge in [0.15, 0.2) is 0 Å². The number of methoxy groups -OCH3 is 1. The minimum Gasteiger partial charge on any atom is -0.467 e. The molecule has 0 spiro atoms. The molecular formula is C18H33N3O7. The van der Waals surface area contributed by atoms with Crippen LogP contribution in [0.15, 0.2) is 0 Å². The van der Waals surface area contributed by atoms with Crippen LogP contribution in [0, 0.1) is 11.8 Å². The van der Waals surface area contributed by atoms with E-state index in [2.05, 4.69) is 20.7 Å². The van der Waals surface area contributed by atoms with Crippen molar-refractivity contribution in [2.75, 3.05) is 7.11 Å². The summed E-state index contributed by atoms with van der Waals surface area (Å²) in [5, 5.41) is 16.8. The number of carbonyl (C=O) groups excluding carboxylic acids is 4. The lowest BCUT2D eigenvalue weighted by Crippen LogP contribution is -2.57. The van der Waals surface area contributed by atoms with E-state index in [1.807, 2.05) is 0 Å². The molecule has 3 atom stereocenters. The summed E-state index contributed by atoms with van der Waals surface area (Å²) in [5.74, 6) is -3.06. The molecular weight excluding hydrogens is 370 g/mol. The number of esters is 1. The largest absolute Gasteiger partial charge is 0.467 e. The van der Waals surface area contributed by atoms with Crippen molar-refractivity contribution in [1.82, 2.24) is 16.0 Å². The van der Waals surface area contributed by atoms with Crippen molar-refractivity contribution in [1.29, 1.82) is 0 Å². The van der Waals surface area contributed by atoms with Gasteiger partial charge in [0.2, 0.25) is 12.1 Å². The summed E-state index contributed by atoms with van der Waals surface area (Å²) in [7, 11) is 1.18. The predicted octanol–water partition coefficient (Wildman–Crippen LogP) is 0.284. The highest BCUT2D eigenvalue weighted by Gasteiger charge is 2.32. The van der Waals surface area contributed by atoms with Gasteiger partial charge in [0, 0.05) is 0 Å². The lowest BCUT2D eigenvalue weighted by atomic mass is 10.0. The van der Waals surface area contributed by atoms with Gasteiger partial charge in [-0.1, -0.05) is 27.7 Å². The second kappa shape index (κ2) is 10.8. The van der Waals surface area contributed by atoms with E-state index in [1.165, 1.54) is 7.11 Å². The minimum atomic E-state index is -1.92. The van der Waals surface area contributed by atoms with Gasteiger partial charge in [-0.05, 0) is 32.6 Å². The normalized spacial score (nSPS) is 14.7. The molecule has 0 aliphatic rings. The van der Waals surface area contributed by atoms with Crippen LogP contribution in [0.5, 0.6) is 0 Å². The molecule has 3 amide bonds. The Morgan fingerprint density at radius 1 is 0.821 bits per heavy atom. The number of hydrogen-bond acceptors (Lipinski definition) is 7. The van der Waals surface area contributed by atoms with Gasteiger partial charge in [-0.3, -0.25) is 9.59 Å². The van der Waals surface area contributed by atoms with Crippen LogP contribution >= 0.6 is 0 Å². The van der Waals surface area contributed by atoms with Gasteiger partial charge in [-0.25, -0.2) is 9.59 Å². The van der Waals surface area contributed by atoms with E-state index >= 15 is 0 Å². The van der Waals surface area contributed by atoms with E-state index in [9.17, 15) is 24.3 Å². The molecule has 162 valence electrons. The van der Waals surface area contributed by atoms with Crippen molar-refractivity contribution < 1.29 is 33.8 Å². The molecule has 10 nitrogen and oxygen atoms in total. The van der Waals surface area contributed by atoms with Gasteiger partial charge < -0.3 is 30.5 Å². The summed E-state index contributed by atoms with van der Waals surface area (Å²) in [6.45, 7) is 11.8. The van der Waals surface area contributed by atoms with E-state index in [0.29, 0.717) is 0 Å². The molecule has 0 aliphatic heterocycles. The van der Waals surface area contributed by atoms with Crippen LogP contribution in [-0.4, -0.2) is 60.0 Å². The zero-order valence-electron chi connectivity index (χ0n) is 17.8. The van der Waals surface area contributed by atoms with Gasteiger partial charge in [-0.2, -0.15) is 0 Å². The smallest absolute Gasteiger partial charge is 0.408 e. The third-order valence-electron chi connectivity index (χ3n) is 3.57. The summed E-state index contributed by atoms with van der Waals surface area (Å²) in [4.78, 5) is 48.1. The van der Waals surface area contributed by atoms with Crippen LogP contribution in [0.3, 0.4) is 0 Å². The molecule has 0 saturated carbocycles. The molecule has 28 heavy (non-hydrogen) atoms. The molecule has 0 saturated heterocycles. The van der Waals surface area contributed by atoms with Crippen LogP contribution in [0.1, 0.15) is 48.5 Å². The third kappa shape index (κ3) is 9.03. The number of alkyl carbamates (subject to hydrolysis) is 1. The van der Waals surface area contributed by atoms with Crippen LogP contribution in [0.4, 0.5) is 4.79 Å². The van der Waals surface area contributed by atoms with E-state index in [-0.39, 0.29) is 11.8 Å². The molecule has 0 rings (SSSR count). The number of nitrogens with one attached hydrogen (secondary N) is 3. The van der Waals surface area contributed by atoms with Crippen LogP contribution in [0.25, 0.3) is 0 Å². The highest BCUT2D eigenvalue weighted by Crippen LogP contribution is 2.09. The summed E-state index contributed by atoms with van der Waals surface area (Å²) in [6.07, 6.45) is -2.72. The SMILES string of the molecule is COC(=O)[C@@H](NC(=O)[C@H](O)NC(=O)[C@@H](NC(=O)OC(C)(C)C)C(C)C)C(C)C. The first-order chi connectivity index (χ1) is 12.7. The second-order valence-electron chi connectivity index (χ2n) is 8.03. The minimum absolute atomic E-state index is 0.295. The monoisotopic (exact) mass is 403 g/mol. The van der Waals surface area contributed by atoms with Gasteiger partial charge in [0.25, 0.3) is 5.91 Å². The molecule has 4 N–H and O–H groups in total. The highest BCUT2D eigenvalue weighted by molar-refractivity contribution is 5.92. The van der Waals surface area contributed by atoms with E-state index in [4.69, 9.17) is 4.74 Å². The number of ether oxygens (including phenoxy) is 2. The number of aliphatic hydroxyl groups excluding tert-OH is 1. The maximum absolute atomic E-state index is 12.4. The van der Waals surface area contributed by atoms with Gasteiger partial charge in [-0.15, -0.1) is 0 Å². The Labute approximate surface area is 165 Å². The second-order valence-corrected chi connectivity index (χ2v) is 8.03. The fraction of sp³-hybridized carbons (Fsp3) is 0.778. The summed E-state index contributed by atoms with van der Waals surface area (Å²) >= 11 is 0. The van der Waals surface area contributed by atoms with E-state index in [1.54, 1.807) is 48.5 Å². The van der Waals surface area contributed by atoms with Crippen LogP contribution in [0.2, 0.25) is 0 Å². The standard InChI is InChI=1S/C18H33N3O7/c1-9(2)11(20-17(26)28-18(5,6)7)13(22)21-15(24)14(23)19-12(10(3)4)16(25)27-8/h9-12,15,24H,1-8H3,(H,19,23)(H,20,26)(H,21,22)/t11-,12-,15-/m0/s1. The zero-order chi connectivity index (χ0) is 22.2. The fourth-order valence-electron chi connectivity index (χ4n) is 2.12. The summed E-state index contributed by atoms with van der Waals surface area (Å²) in [5.41, 5.74) is -0.749. The molecule has 0 bridgehead atoms. The van der Waals surface area contributed by atoms with E-state index < -0.39 is 47.8 Å². The fourth-order valence-corrected chi connectivity index (χ4v) is 2.12. The first-order valence-corrected chi connectivity index (χ1v) is 9.05. The Hall–Kier alpha value is -2.36. The predicted molar refractivity (Wildman–Crippen MR) is 101 cm³/mol. The van der Waals surface area contributed by atoms with Crippen molar-refractivity contribution in [3.05, 3.63) is 0 Å². The molecule has 0 aliphatic carbocycles. The third-order valence-corrected chi connectivity index (χ3v) is 3.57. The number of carbonyl (C=O) groups is 4. The Morgan fingerprint density at radius 3 is 1.71 bits per heavy atom. The number of rotatable bonds is 8. The first kappa shape index (κ1) is 25.6. The topological polar surface area (TPSA) is 143 Å². The van der Waals surface area contributed by atoms with Crippen molar-refractivity contribution in [3.8, 4) is 0 Å². The Morgan fingerprint density at radius 2 is 1.32 bits per heavy atom. The van der Waals surface area contributed by atoms with Gasteiger partial charge in [0.1, 0.15) is 17.7 Å². The number of hydrogen-bond donors (Lipinski definition) is 4. The van der Waals surface area contributed by atoms with Crippen molar-refractivity contribution in [3.63, 3.8) is 0 Å². The summed E-state index contributed by atoms with van der Waals surface area (Å²) in [6, 6.07) is -2.02. The first-order valence-electron chi connectivity index (χ1n) is 9.05. The summed E-state index contributed by atoms with van der Waals surface area (Å²) < 4.78 is 9.72. The van der Waals surface area contributed by atoms with Gasteiger partial charge in [0.05, 0.1) is 7.11 Å². The number of aliphatic hydroxyl groups is 1. The highest BCUT2D eigenvalue weighted by atomic mass is 16.6. The molecule has 0 aromatic heterocycles. The average molecular weight is 403 g/mol. The number of amides is 3. The molecule has 0 aromatic carbocycles. The molecule has 0 aromatic rings. The maximum atomic E-state index is 12.4. The Kier molecular flexibility index (Phi) is 9.93. The lowest BCUT2D eigenvalue weighted by Gasteiger charge is -2.26. The van der Waals surface area contributed by atoms with Crippen molar-refractivity contribution in [2.24, 2.45) is 11.8 Å². The molecule has 0 unspecified atom stereocenters. The van der Waals surface area contributed by atoms with Crippen molar-refractivity contribution in [2.45, 2.75) is 72.4 Å². The quantitative estimate of drug-likeness (QED) is 0.337. The molecule has 0 radical (unpaired) electrons.